The van der Waals surface area contributed by atoms with E-state index in [2.05, 4.69) is 25.5 Å². The van der Waals surface area contributed by atoms with Crippen LogP contribution in [0.3, 0.4) is 0 Å². The van der Waals surface area contributed by atoms with Crippen LogP contribution in [0.5, 0.6) is 0 Å². The molecule has 2 N–H and O–H groups in total. The summed E-state index contributed by atoms with van der Waals surface area (Å²) >= 11 is 0. The summed E-state index contributed by atoms with van der Waals surface area (Å²) in [6.45, 7) is 5.85. The number of nitrogens with one attached hydrogen (secondary N) is 2. The number of aryl methyl sites for hydroxylation is 1. The smallest absolute Gasteiger partial charge is 0.327 e. The third kappa shape index (κ3) is 3.56. The lowest BCUT2D eigenvalue weighted by Crippen LogP contribution is -2.43. The van der Waals surface area contributed by atoms with E-state index in [1.807, 2.05) is 6.07 Å². The number of halogens is 2. The third-order valence-corrected chi connectivity index (χ3v) is 5.77. The highest BCUT2D eigenvalue weighted by atomic mass is 19.3. The van der Waals surface area contributed by atoms with Gasteiger partial charge in [-0.15, -0.1) is 0 Å². The maximum absolute atomic E-state index is 13.7. The molecule has 1 fully saturated rings. The Morgan fingerprint density at radius 3 is 2.81 bits per heavy atom. The lowest BCUT2D eigenvalue weighted by molar-refractivity contribution is 0.152. The molecule has 0 saturated carbocycles. The molecule has 8 nitrogen and oxygen atoms in total. The molecule has 1 saturated heterocycles. The van der Waals surface area contributed by atoms with E-state index >= 15 is 0 Å². The molecule has 0 aliphatic carbocycles. The van der Waals surface area contributed by atoms with Crippen LogP contribution in [0.4, 0.5) is 30.8 Å². The van der Waals surface area contributed by atoms with Crippen molar-refractivity contribution in [3.63, 3.8) is 0 Å². The van der Waals surface area contributed by atoms with Gasteiger partial charge >= 0.3 is 6.03 Å². The van der Waals surface area contributed by atoms with Crippen molar-refractivity contribution in [3.05, 3.63) is 47.5 Å². The van der Waals surface area contributed by atoms with E-state index in [9.17, 15) is 13.6 Å². The highest BCUT2D eigenvalue weighted by molar-refractivity contribution is 6.03. The molecule has 10 heteroatoms. The molecule has 2 amide bonds. The van der Waals surface area contributed by atoms with Crippen LogP contribution in [-0.2, 0) is 6.42 Å². The zero-order valence-corrected chi connectivity index (χ0v) is 17.1. The van der Waals surface area contributed by atoms with Gasteiger partial charge in [-0.25, -0.2) is 23.5 Å². The minimum absolute atomic E-state index is 0.0663. The number of imidazole rings is 1. The number of nitrogens with zero attached hydrogens (tertiary/aromatic N) is 5. The number of fused-ring (bicyclic) bond motifs is 2. The zero-order valence-electron chi connectivity index (χ0n) is 17.1. The maximum atomic E-state index is 13.7. The predicted molar refractivity (Wildman–Crippen MR) is 114 cm³/mol. The third-order valence-electron chi connectivity index (χ3n) is 5.77. The number of hydrogen-bond donors (Lipinski definition) is 2. The first-order chi connectivity index (χ1) is 15.0. The topological polar surface area (TPSA) is 77.8 Å². The van der Waals surface area contributed by atoms with Crippen molar-refractivity contribution < 1.29 is 13.6 Å². The SMILES string of the molecule is Cc1cn2cc(NC(=O)N3CCc4c(N5CCNCC5)ccnc43)c(C(F)F)cc2n1. The van der Waals surface area contributed by atoms with Gasteiger partial charge in [-0.3, -0.25) is 4.90 Å². The van der Waals surface area contributed by atoms with Crippen LogP contribution in [-0.4, -0.2) is 53.1 Å². The Hall–Kier alpha value is -3.27. The zero-order chi connectivity index (χ0) is 21.5. The quantitative estimate of drug-likeness (QED) is 0.672. The van der Waals surface area contributed by atoms with Crippen molar-refractivity contribution in [2.45, 2.75) is 19.8 Å². The van der Waals surface area contributed by atoms with Crippen LogP contribution in [0.1, 0.15) is 23.2 Å². The van der Waals surface area contributed by atoms with Crippen LogP contribution >= 0.6 is 0 Å². The second-order valence-corrected chi connectivity index (χ2v) is 7.79. The maximum Gasteiger partial charge on any atom is 0.327 e. The summed E-state index contributed by atoms with van der Waals surface area (Å²) in [7, 11) is 0. The van der Waals surface area contributed by atoms with Gasteiger partial charge in [-0.2, -0.15) is 0 Å². The van der Waals surface area contributed by atoms with Gasteiger partial charge in [-0.1, -0.05) is 0 Å². The molecule has 31 heavy (non-hydrogen) atoms. The van der Waals surface area contributed by atoms with E-state index in [1.165, 1.54) is 17.2 Å². The van der Waals surface area contributed by atoms with E-state index in [4.69, 9.17) is 0 Å². The number of hydrogen-bond acceptors (Lipinski definition) is 5. The van der Waals surface area contributed by atoms with E-state index in [0.29, 0.717) is 30.1 Å². The van der Waals surface area contributed by atoms with Crippen molar-refractivity contribution in [2.75, 3.05) is 47.8 Å². The Kier molecular flexibility index (Phi) is 4.93. The minimum Gasteiger partial charge on any atom is -0.369 e. The van der Waals surface area contributed by atoms with E-state index in [-0.39, 0.29) is 11.3 Å². The largest absolute Gasteiger partial charge is 0.369 e. The van der Waals surface area contributed by atoms with Crippen molar-refractivity contribution in [1.82, 2.24) is 19.7 Å². The molecule has 0 bridgehead atoms. The Bertz CT molecular complexity index is 1140. The number of carbonyl (C=O) groups is 1. The fourth-order valence-corrected chi connectivity index (χ4v) is 4.32. The van der Waals surface area contributed by atoms with Gasteiger partial charge in [0.25, 0.3) is 6.43 Å². The van der Waals surface area contributed by atoms with Gasteiger partial charge in [0.15, 0.2) is 0 Å². The molecule has 0 aromatic carbocycles. The van der Waals surface area contributed by atoms with Crippen molar-refractivity contribution >= 4 is 28.9 Å². The normalized spacial score (nSPS) is 16.3. The molecule has 5 heterocycles. The molecule has 2 aliphatic rings. The number of piperazine rings is 1. The molecule has 3 aromatic heterocycles. The Labute approximate surface area is 177 Å². The average molecular weight is 427 g/mol. The van der Waals surface area contributed by atoms with Gasteiger partial charge in [0.1, 0.15) is 11.5 Å². The summed E-state index contributed by atoms with van der Waals surface area (Å²) in [5.74, 6) is 0.590. The molecule has 162 valence electrons. The van der Waals surface area contributed by atoms with Crippen molar-refractivity contribution in [1.29, 1.82) is 0 Å². The number of carbonyl (C=O) groups excluding carboxylic acids is 1. The first-order valence-electron chi connectivity index (χ1n) is 10.3. The highest BCUT2D eigenvalue weighted by Crippen LogP contribution is 2.35. The van der Waals surface area contributed by atoms with Gasteiger partial charge in [-0.05, 0) is 25.5 Å². The van der Waals surface area contributed by atoms with Gasteiger partial charge < -0.3 is 19.9 Å². The molecule has 0 radical (unpaired) electrons. The lowest BCUT2D eigenvalue weighted by atomic mass is 10.1. The average Bonchev–Trinajstić information content (AvgIpc) is 3.35. The Morgan fingerprint density at radius 2 is 2.03 bits per heavy atom. The van der Waals surface area contributed by atoms with Gasteiger partial charge in [0.2, 0.25) is 0 Å². The molecule has 5 rings (SSSR count). The Balaban J connectivity index is 1.43. The first-order valence-corrected chi connectivity index (χ1v) is 10.3. The summed E-state index contributed by atoms with van der Waals surface area (Å²) in [4.78, 5) is 25.5. The summed E-state index contributed by atoms with van der Waals surface area (Å²) in [6, 6.07) is 2.82. The van der Waals surface area contributed by atoms with Crippen molar-refractivity contribution in [2.24, 2.45) is 0 Å². The van der Waals surface area contributed by atoms with Crippen LogP contribution in [0.15, 0.2) is 30.7 Å². The molecule has 0 spiro atoms. The fourth-order valence-electron chi connectivity index (χ4n) is 4.32. The summed E-state index contributed by atoms with van der Waals surface area (Å²) in [5.41, 5.74) is 3.05. The molecule has 0 atom stereocenters. The van der Waals surface area contributed by atoms with Crippen LogP contribution in [0.25, 0.3) is 5.65 Å². The number of anilines is 3. The summed E-state index contributed by atoms with van der Waals surface area (Å²) in [6.07, 6.45) is 2.85. The second kappa shape index (κ2) is 7.77. The summed E-state index contributed by atoms with van der Waals surface area (Å²) < 4.78 is 29.0. The van der Waals surface area contributed by atoms with E-state index in [1.54, 1.807) is 23.7 Å². The summed E-state index contributed by atoms with van der Waals surface area (Å²) in [5, 5.41) is 6.01. The highest BCUT2D eigenvalue weighted by Gasteiger charge is 2.30. The van der Waals surface area contributed by atoms with E-state index < -0.39 is 12.5 Å². The molecular weight excluding hydrogens is 404 g/mol. The monoisotopic (exact) mass is 427 g/mol. The number of aromatic nitrogens is 3. The molecule has 3 aromatic rings. The van der Waals surface area contributed by atoms with Gasteiger partial charge in [0, 0.05) is 68.1 Å². The number of pyridine rings is 2. The lowest BCUT2D eigenvalue weighted by Gasteiger charge is -2.31. The second-order valence-electron chi connectivity index (χ2n) is 7.79. The Morgan fingerprint density at radius 1 is 1.23 bits per heavy atom. The molecular formula is C21H23F2N7O. The minimum atomic E-state index is -2.74. The number of rotatable bonds is 3. The van der Waals surface area contributed by atoms with Crippen LogP contribution in [0, 0.1) is 6.92 Å². The van der Waals surface area contributed by atoms with E-state index in [0.717, 1.165) is 37.4 Å². The first kappa shape index (κ1) is 19.7. The van der Waals surface area contributed by atoms with Crippen LogP contribution < -0.4 is 20.4 Å². The van der Waals surface area contributed by atoms with Crippen molar-refractivity contribution in [3.8, 4) is 0 Å². The number of alkyl halides is 2. The van der Waals surface area contributed by atoms with Crippen LogP contribution in [0.2, 0.25) is 0 Å². The predicted octanol–water partition coefficient (Wildman–Crippen LogP) is 2.98. The standard InChI is InChI=1S/C21H23F2N7O/c1-13-11-29-12-16(15(19(22)23)10-18(29)26-13)27-21(31)30-7-3-14-17(2-4-25-20(14)30)28-8-5-24-6-9-28/h2,4,10-12,19,24H,3,5-9H2,1H3,(H,27,31). The number of urea groups is 1. The molecule has 2 aliphatic heterocycles. The molecule has 0 unspecified atom stereocenters. The number of amides is 2. The fraction of sp³-hybridized carbons (Fsp3) is 0.381. The van der Waals surface area contributed by atoms with Gasteiger partial charge in [0.05, 0.1) is 11.4 Å².